The largest absolute Gasteiger partial charge is 0.356 e. The van der Waals surface area contributed by atoms with Crippen LogP contribution in [0.1, 0.15) is 29.0 Å². The van der Waals surface area contributed by atoms with Gasteiger partial charge >= 0.3 is 0 Å². The first-order chi connectivity index (χ1) is 12.7. The predicted octanol–water partition coefficient (Wildman–Crippen LogP) is 4.10. The van der Waals surface area contributed by atoms with E-state index in [0.29, 0.717) is 12.1 Å². The van der Waals surface area contributed by atoms with E-state index < -0.39 is 0 Å². The topological polar surface area (TPSA) is 42.0 Å². The Morgan fingerprint density at radius 2 is 1.77 bits per heavy atom. The summed E-state index contributed by atoms with van der Waals surface area (Å²) in [6, 6.07) is 20.1. The van der Waals surface area contributed by atoms with Gasteiger partial charge in [0.05, 0.1) is 0 Å². The van der Waals surface area contributed by atoms with Crippen molar-refractivity contribution in [3.05, 3.63) is 102 Å². The fraction of sp³-hybridized carbons (Fsp3) is 0.182. The second-order valence-electron chi connectivity index (χ2n) is 6.15. The van der Waals surface area contributed by atoms with Crippen molar-refractivity contribution in [3.8, 4) is 0 Å². The number of halogens is 1. The summed E-state index contributed by atoms with van der Waals surface area (Å²) in [6.45, 7) is 0.531. The second-order valence-corrected chi connectivity index (χ2v) is 6.15. The molecule has 1 unspecified atom stereocenters. The standard InChI is InChI=1S/C22H21FN2O/c23-21-11-5-4-10-19(21)20(18-8-2-1-3-9-18)15-22(26)25-14-12-17-7-6-13-24-16-17/h1-11,13,16,20H,12,14-15H2,(H,25,26). The van der Waals surface area contributed by atoms with E-state index in [4.69, 9.17) is 0 Å². The maximum absolute atomic E-state index is 14.3. The molecule has 1 N–H and O–H groups in total. The summed E-state index contributed by atoms with van der Waals surface area (Å²) >= 11 is 0. The van der Waals surface area contributed by atoms with E-state index in [2.05, 4.69) is 10.3 Å². The average molecular weight is 348 g/mol. The van der Waals surface area contributed by atoms with Crippen LogP contribution in [-0.4, -0.2) is 17.4 Å². The van der Waals surface area contributed by atoms with Crippen LogP contribution in [0, 0.1) is 5.82 Å². The van der Waals surface area contributed by atoms with Gasteiger partial charge in [-0.25, -0.2) is 4.39 Å². The number of amides is 1. The molecule has 132 valence electrons. The molecule has 0 spiro atoms. The molecule has 2 aromatic carbocycles. The minimum atomic E-state index is -0.309. The highest BCUT2D eigenvalue weighted by Gasteiger charge is 2.20. The Kier molecular flexibility index (Phi) is 6.09. The van der Waals surface area contributed by atoms with Gasteiger partial charge in [0, 0.05) is 31.3 Å². The highest BCUT2D eigenvalue weighted by atomic mass is 19.1. The molecule has 3 nitrogen and oxygen atoms in total. The summed E-state index contributed by atoms with van der Waals surface area (Å²) < 4.78 is 14.3. The Hall–Kier alpha value is -3.01. The third-order valence-electron chi connectivity index (χ3n) is 4.33. The zero-order chi connectivity index (χ0) is 18.2. The van der Waals surface area contributed by atoms with Crippen molar-refractivity contribution in [2.24, 2.45) is 0 Å². The third-order valence-corrected chi connectivity index (χ3v) is 4.33. The Bertz CT molecular complexity index is 837. The van der Waals surface area contributed by atoms with E-state index in [1.54, 1.807) is 30.6 Å². The monoisotopic (exact) mass is 348 g/mol. The van der Waals surface area contributed by atoms with E-state index >= 15 is 0 Å². The summed E-state index contributed by atoms with van der Waals surface area (Å²) in [6.07, 6.45) is 4.44. The van der Waals surface area contributed by atoms with Crippen molar-refractivity contribution in [1.82, 2.24) is 10.3 Å². The van der Waals surface area contributed by atoms with Gasteiger partial charge in [-0.3, -0.25) is 9.78 Å². The lowest BCUT2D eigenvalue weighted by Gasteiger charge is -2.18. The number of carbonyl (C=O) groups excluding carboxylic acids is 1. The quantitative estimate of drug-likeness (QED) is 0.698. The van der Waals surface area contributed by atoms with Crippen LogP contribution in [0.4, 0.5) is 4.39 Å². The van der Waals surface area contributed by atoms with Gasteiger partial charge < -0.3 is 5.32 Å². The Balaban J connectivity index is 1.68. The lowest BCUT2D eigenvalue weighted by Crippen LogP contribution is -2.27. The van der Waals surface area contributed by atoms with Gasteiger partial charge in [-0.2, -0.15) is 0 Å². The summed E-state index contributed by atoms with van der Waals surface area (Å²) in [5.74, 6) is -0.689. The molecule has 0 saturated carbocycles. The van der Waals surface area contributed by atoms with Crippen molar-refractivity contribution in [2.75, 3.05) is 6.54 Å². The van der Waals surface area contributed by atoms with Crippen LogP contribution in [-0.2, 0) is 11.2 Å². The Labute approximate surface area is 152 Å². The SMILES string of the molecule is O=C(CC(c1ccccc1)c1ccccc1F)NCCc1cccnc1. The number of aromatic nitrogens is 1. The molecular weight excluding hydrogens is 327 g/mol. The molecule has 0 aliphatic rings. The fourth-order valence-electron chi connectivity index (χ4n) is 3.00. The van der Waals surface area contributed by atoms with Crippen molar-refractivity contribution in [1.29, 1.82) is 0 Å². The summed E-state index contributed by atoms with van der Waals surface area (Å²) in [5, 5.41) is 2.93. The van der Waals surface area contributed by atoms with Crippen LogP contribution in [0.5, 0.6) is 0 Å². The Morgan fingerprint density at radius 3 is 2.50 bits per heavy atom. The van der Waals surface area contributed by atoms with E-state index in [1.165, 1.54) is 6.07 Å². The van der Waals surface area contributed by atoms with Crippen molar-refractivity contribution >= 4 is 5.91 Å². The number of carbonyl (C=O) groups is 1. The Morgan fingerprint density at radius 1 is 1.00 bits per heavy atom. The fourth-order valence-corrected chi connectivity index (χ4v) is 3.00. The molecule has 1 aromatic heterocycles. The van der Waals surface area contributed by atoms with Crippen LogP contribution in [0.2, 0.25) is 0 Å². The van der Waals surface area contributed by atoms with Crippen LogP contribution in [0.3, 0.4) is 0 Å². The number of hydrogen-bond acceptors (Lipinski definition) is 2. The van der Waals surface area contributed by atoms with Crippen molar-refractivity contribution in [3.63, 3.8) is 0 Å². The lowest BCUT2D eigenvalue weighted by molar-refractivity contribution is -0.121. The molecule has 0 saturated heterocycles. The van der Waals surface area contributed by atoms with Crippen molar-refractivity contribution < 1.29 is 9.18 Å². The maximum Gasteiger partial charge on any atom is 0.220 e. The molecule has 26 heavy (non-hydrogen) atoms. The molecule has 3 aromatic rings. The normalized spacial score (nSPS) is 11.7. The molecule has 0 bridgehead atoms. The van der Waals surface area contributed by atoms with E-state index in [0.717, 1.165) is 17.5 Å². The summed E-state index contributed by atoms with van der Waals surface area (Å²) in [5.41, 5.74) is 2.54. The first-order valence-corrected chi connectivity index (χ1v) is 8.69. The van der Waals surface area contributed by atoms with Gasteiger partial charge in [-0.1, -0.05) is 54.6 Å². The van der Waals surface area contributed by atoms with Crippen LogP contribution >= 0.6 is 0 Å². The van der Waals surface area contributed by atoms with Gasteiger partial charge in [0.1, 0.15) is 5.82 Å². The number of pyridine rings is 1. The average Bonchev–Trinajstić information content (AvgIpc) is 2.68. The number of nitrogens with one attached hydrogen (secondary N) is 1. The maximum atomic E-state index is 14.3. The van der Waals surface area contributed by atoms with Crippen LogP contribution in [0.15, 0.2) is 79.1 Å². The van der Waals surface area contributed by atoms with Gasteiger partial charge in [-0.15, -0.1) is 0 Å². The highest BCUT2D eigenvalue weighted by Crippen LogP contribution is 2.29. The molecule has 3 rings (SSSR count). The molecule has 0 radical (unpaired) electrons. The molecule has 4 heteroatoms. The summed E-state index contributed by atoms with van der Waals surface area (Å²) in [7, 11) is 0. The first kappa shape index (κ1) is 17.8. The van der Waals surface area contributed by atoms with E-state index in [-0.39, 0.29) is 24.1 Å². The first-order valence-electron chi connectivity index (χ1n) is 8.69. The minimum Gasteiger partial charge on any atom is -0.356 e. The van der Waals surface area contributed by atoms with Gasteiger partial charge in [0.2, 0.25) is 5.91 Å². The molecule has 0 fully saturated rings. The highest BCUT2D eigenvalue weighted by molar-refractivity contribution is 5.77. The van der Waals surface area contributed by atoms with Crippen LogP contribution < -0.4 is 5.32 Å². The van der Waals surface area contributed by atoms with E-state index in [1.807, 2.05) is 42.5 Å². The molecule has 0 aliphatic heterocycles. The molecule has 1 heterocycles. The molecule has 1 amide bonds. The smallest absolute Gasteiger partial charge is 0.220 e. The number of nitrogens with zero attached hydrogens (tertiary/aromatic N) is 1. The van der Waals surface area contributed by atoms with Gasteiger partial charge in [0.25, 0.3) is 0 Å². The molecular formula is C22H21FN2O. The predicted molar refractivity (Wildman–Crippen MR) is 100 cm³/mol. The van der Waals surface area contributed by atoms with Gasteiger partial charge in [-0.05, 0) is 35.2 Å². The summed E-state index contributed by atoms with van der Waals surface area (Å²) in [4.78, 5) is 16.5. The third kappa shape index (κ3) is 4.76. The second kappa shape index (κ2) is 8.90. The number of rotatable bonds is 7. The van der Waals surface area contributed by atoms with Crippen molar-refractivity contribution in [2.45, 2.75) is 18.8 Å². The van der Waals surface area contributed by atoms with E-state index in [9.17, 15) is 9.18 Å². The van der Waals surface area contributed by atoms with Crippen LogP contribution in [0.25, 0.3) is 0 Å². The molecule has 0 aliphatic carbocycles. The lowest BCUT2D eigenvalue weighted by atomic mass is 9.88. The minimum absolute atomic E-state index is 0.0917. The molecule has 1 atom stereocenters. The zero-order valence-electron chi connectivity index (χ0n) is 14.4. The zero-order valence-corrected chi connectivity index (χ0v) is 14.4. The number of hydrogen-bond donors (Lipinski definition) is 1. The van der Waals surface area contributed by atoms with Gasteiger partial charge in [0.15, 0.2) is 0 Å². The number of benzene rings is 2.